The molecule has 1 atom stereocenters. The van der Waals surface area contributed by atoms with E-state index in [9.17, 15) is 4.79 Å². The Kier molecular flexibility index (Phi) is 2.98. The number of hydrogen-bond donors (Lipinski definition) is 1. The normalized spacial score (nSPS) is 18.8. The van der Waals surface area contributed by atoms with Crippen LogP contribution in [0.2, 0.25) is 0 Å². The highest BCUT2D eigenvalue weighted by atomic mass is 16.2. The van der Waals surface area contributed by atoms with Crippen molar-refractivity contribution in [2.45, 2.75) is 25.8 Å². The minimum atomic E-state index is -0.0790. The predicted octanol–water partition coefficient (Wildman–Crippen LogP) is 1.49. The molecule has 1 aliphatic rings. The zero-order chi connectivity index (χ0) is 13.2. The van der Waals surface area contributed by atoms with E-state index in [2.05, 4.69) is 19.9 Å². The Hall–Kier alpha value is -2.24. The zero-order valence-corrected chi connectivity index (χ0v) is 10.7. The van der Waals surface area contributed by atoms with Crippen LogP contribution in [0.3, 0.4) is 0 Å². The number of nitrogens with zero attached hydrogens (tertiary/aromatic N) is 4. The van der Waals surface area contributed by atoms with Crippen LogP contribution in [0.4, 0.5) is 0 Å². The van der Waals surface area contributed by atoms with Crippen LogP contribution in [-0.2, 0) is 0 Å². The van der Waals surface area contributed by atoms with Gasteiger partial charge >= 0.3 is 0 Å². The van der Waals surface area contributed by atoms with Gasteiger partial charge < -0.3 is 9.88 Å². The molecule has 1 amide bonds. The molecule has 0 bridgehead atoms. The van der Waals surface area contributed by atoms with E-state index in [0.29, 0.717) is 5.69 Å². The molecule has 2 aromatic heterocycles. The Morgan fingerprint density at radius 3 is 2.95 bits per heavy atom. The van der Waals surface area contributed by atoms with Gasteiger partial charge in [0.05, 0.1) is 12.2 Å². The standard InChI is InChI=1S/C13H15N5O/c1-9-7-16-12(17-9)11-3-2-6-18(11)13(19)10-8-14-4-5-15-10/h4-5,7-8,11H,2-3,6H2,1H3,(H,16,17). The largest absolute Gasteiger partial charge is 0.344 e. The van der Waals surface area contributed by atoms with Crippen LogP contribution >= 0.6 is 0 Å². The third-order valence-corrected chi connectivity index (χ3v) is 3.33. The number of imidazole rings is 1. The average Bonchev–Trinajstić information content (AvgIpc) is 3.07. The molecule has 0 radical (unpaired) electrons. The number of H-pyrrole nitrogens is 1. The molecule has 0 aromatic carbocycles. The average molecular weight is 257 g/mol. The third-order valence-electron chi connectivity index (χ3n) is 3.33. The summed E-state index contributed by atoms with van der Waals surface area (Å²) in [6, 6.07) is 0.0169. The maximum absolute atomic E-state index is 12.4. The topological polar surface area (TPSA) is 74.8 Å². The molecule has 1 aliphatic heterocycles. The highest BCUT2D eigenvalue weighted by Gasteiger charge is 2.32. The summed E-state index contributed by atoms with van der Waals surface area (Å²) in [6.07, 6.45) is 8.31. The Bertz CT molecular complexity index is 580. The smallest absolute Gasteiger partial charge is 0.274 e. The number of likely N-dealkylation sites (tertiary alicyclic amines) is 1. The summed E-state index contributed by atoms with van der Waals surface area (Å²) in [5, 5.41) is 0. The minimum Gasteiger partial charge on any atom is -0.344 e. The van der Waals surface area contributed by atoms with E-state index in [0.717, 1.165) is 30.9 Å². The summed E-state index contributed by atoms with van der Waals surface area (Å²) in [7, 11) is 0. The maximum Gasteiger partial charge on any atom is 0.274 e. The van der Waals surface area contributed by atoms with E-state index in [4.69, 9.17) is 0 Å². The van der Waals surface area contributed by atoms with Crippen molar-refractivity contribution in [1.29, 1.82) is 0 Å². The van der Waals surface area contributed by atoms with E-state index >= 15 is 0 Å². The van der Waals surface area contributed by atoms with Crippen molar-refractivity contribution in [1.82, 2.24) is 24.8 Å². The molecular weight excluding hydrogens is 242 g/mol. The molecule has 19 heavy (non-hydrogen) atoms. The number of amides is 1. The first-order valence-electron chi connectivity index (χ1n) is 6.34. The third kappa shape index (κ3) is 2.21. The van der Waals surface area contributed by atoms with E-state index in [1.807, 2.05) is 11.8 Å². The van der Waals surface area contributed by atoms with E-state index in [1.54, 1.807) is 12.4 Å². The van der Waals surface area contributed by atoms with Gasteiger partial charge in [0, 0.05) is 30.8 Å². The van der Waals surface area contributed by atoms with Crippen molar-refractivity contribution in [3.05, 3.63) is 42.0 Å². The Morgan fingerprint density at radius 1 is 1.37 bits per heavy atom. The maximum atomic E-state index is 12.4. The summed E-state index contributed by atoms with van der Waals surface area (Å²) in [5.41, 5.74) is 1.39. The van der Waals surface area contributed by atoms with Crippen LogP contribution in [0.5, 0.6) is 0 Å². The lowest BCUT2D eigenvalue weighted by Gasteiger charge is -2.22. The van der Waals surface area contributed by atoms with E-state index in [-0.39, 0.29) is 11.9 Å². The van der Waals surface area contributed by atoms with Crippen LogP contribution in [0.25, 0.3) is 0 Å². The molecule has 3 heterocycles. The lowest BCUT2D eigenvalue weighted by Crippen LogP contribution is -2.31. The van der Waals surface area contributed by atoms with Crippen LogP contribution in [0.1, 0.15) is 40.9 Å². The van der Waals surface area contributed by atoms with Gasteiger partial charge in [0.2, 0.25) is 0 Å². The molecule has 6 nitrogen and oxygen atoms in total. The van der Waals surface area contributed by atoms with Gasteiger partial charge in [-0.2, -0.15) is 0 Å². The van der Waals surface area contributed by atoms with Crippen LogP contribution < -0.4 is 0 Å². The molecule has 3 rings (SSSR count). The summed E-state index contributed by atoms with van der Waals surface area (Å²) in [4.78, 5) is 29.8. The molecule has 98 valence electrons. The number of carbonyl (C=O) groups excluding carboxylic acids is 1. The summed E-state index contributed by atoms with van der Waals surface area (Å²) >= 11 is 0. The van der Waals surface area contributed by atoms with Crippen molar-refractivity contribution in [2.75, 3.05) is 6.54 Å². The van der Waals surface area contributed by atoms with Crippen molar-refractivity contribution < 1.29 is 4.79 Å². The van der Waals surface area contributed by atoms with Gasteiger partial charge in [-0.25, -0.2) is 9.97 Å². The molecule has 0 spiro atoms. The zero-order valence-electron chi connectivity index (χ0n) is 10.7. The first-order valence-corrected chi connectivity index (χ1v) is 6.34. The molecule has 6 heteroatoms. The molecule has 1 fully saturated rings. The fourth-order valence-electron chi connectivity index (χ4n) is 2.45. The van der Waals surface area contributed by atoms with Crippen LogP contribution in [0, 0.1) is 6.92 Å². The monoisotopic (exact) mass is 257 g/mol. The van der Waals surface area contributed by atoms with Crippen molar-refractivity contribution in [3.8, 4) is 0 Å². The second kappa shape index (κ2) is 4.79. The Labute approximate surface area is 110 Å². The highest BCUT2D eigenvalue weighted by molar-refractivity contribution is 5.92. The first kappa shape index (κ1) is 11.8. The van der Waals surface area contributed by atoms with Crippen LogP contribution in [0.15, 0.2) is 24.8 Å². The van der Waals surface area contributed by atoms with Gasteiger partial charge in [-0.3, -0.25) is 9.78 Å². The number of rotatable bonds is 2. The number of aromatic amines is 1. The first-order chi connectivity index (χ1) is 9.25. The molecule has 1 N–H and O–H groups in total. The highest BCUT2D eigenvalue weighted by Crippen LogP contribution is 2.31. The number of carbonyl (C=O) groups is 1. The number of nitrogens with one attached hydrogen (secondary N) is 1. The Morgan fingerprint density at radius 2 is 2.26 bits per heavy atom. The lowest BCUT2D eigenvalue weighted by atomic mass is 10.2. The molecule has 2 aromatic rings. The predicted molar refractivity (Wildman–Crippen MR) is 68.4 cm³/mol. The Balaban J connectivity index is 1.86. The van der Waals surface area contributed by atoms with Crippen molar-refractivity contribution in [2.24, 2.45) is 0 Å². The van der Waals surface area contributed by atoms with Crippen LogP contribution in [-0.4, -0.2) is 37.3 Å². The second-order valence-electron chi connectivity index (χ2n) is 4.70. The quantitative estimate of drug-likeness (QED) is 0.884. The minimum absolute atomic E-state index is 0.0169. The van der Waals surface area contributed by atoms with E-state index in [1.165, 1.54) is 12.4 Å². The molecule has 1 unspecified atom stereocenters. The van der Waals surface area contributed by atoms with E-state index < -0.39 is 0 Å². The SMILES string of the molecule is Cc1cnc(C2CCCN2C(=O)c2cnccn2)[nH]1. The summed E-state index contributed by atoms with van der Waals surface area (Å²) in [6.45, 7) is 2.69. The van der Waals surface area contributed by atoms with Gasteiger partial charge in [-0.15, -0.1) is 0 Å². The van der Waals surface area contributed by atoms with Gasteiger partial charge in [0.15, 0.2) is 0 Å². The lowest BCUT2D eigenvalue weighted by molar-refractivity contribution is 0.0724. The number of aryl methyl sites for hydroxylation is 1. The van der Waals surface area contributed by atoms with Gasteiger partial charge in [0.1, 0.15) is 11.5 Å². The van der Waals surface area contributed by atoms with Gasteiger partial charge in [0.25, 0.3) is 5.91 Å². The fourth-order valence-corrected chi connectivity index (χ4v) is 2.45. The van der Waals surface area contributed by atoms with Gasteiger partial charge in [-0.1, -0.05) is 0 Å². The molecule has 1 saturated heterocycles. The molecular formula is C13H15N5O. The van der Waals surface area contributed by atoms with Crippen molar-refractivity contribution >= 4 is 5.91 Å². The summed E-state index contributed by atoms with van der Waals surface area (Å²) in [5.74, 6) is 0.775. The number of aromatic nitrogens is 4. The molecule has 0 saturated carbocycles. The molecule has 0 aliphatic carbocycles. The van der Waals surface area contributed by atoms with Crippen molar-refractivity contribution in [3.63, 3.8) is 0 Å². The van der Waals surface area contributed by atoms with Gasteiger partial charge in [-0.05, 0) is 19.8 Å². The fraction of sp³-hybridized carbons (Fsp3) is 0.385. The number of hydrogen-bond acceptors (Lipinski definition) is 4. The summed E-state index contributed by atoms with van der Waals surface area (Å²) < 4.78 is 0. The second-order valence-corrected chi connectivity index (χ2v) is 4.70.